The van der Waals surface area contributed by atoms with Crippen LogP contribution in [0.15, 0.2) is 24.3 Å². The van der Waals surface area contributed by atoms with E-state index >= 15 is 0 Å². The van der Waals surface area contributed by atoms with Crippen molar-refractivity contribution < 1.29 is 19.3 Å². The Morgan fingerprint density at radius 3 is 2.41 bits per heavy atom. The second kappa shape index (κ2) is 6.07. The second-order valence-corrected chi connectivity index (χ2v) is 3.34. The molecule has 2 N–H and O–H groups in total. The van der Waals surface area contributed by atoms with E-state index in [-0.39, 0.29) is 12.2 Å². The highest BCUT2D eigenvalue weighted by atomic mass is 35.5. The number of halogens is 1. The van der Waals surface area contributed by atoms with E-state index < -0.39 is 12.0 Å². The van der Waals surface area contributed by atoms with E-state index in [0.717, 1.165) is 0 Å². The Hall–Kier alpha value is -1.79. The van der Waals surface area contributed by atoms with Crippen LogP contribution < -0.4 is 5.73 Å². The molecule has 0 aliphatic carbocycles. The Bertz CT molecular complexity index is 407. The monoisotopic (exact) mass is 258 g/mol. The number of amides is 2. The van der Waals surface area contributed by atoms with Gasteiger partial charge < -0.3 is 10.6 Å². The van der Waals surface area contributed by atoms with Gasteiger partial charge in [0.05, 0.1) is 12.2 Å². The van der Waals surface area contributed by atoms with Gasteiger partial charge in [0, 0.05) is 5.02 Å². The standard InChI is InChI=1S/C10H11ClN2O4/c1-2-16-13(10(12)15)17-9(14)7-3-5-8(11)6-4-7/h3-6H,2H2,1H3,(H2,12,15). The Morgan fingerprint density at radius 2 is 1.94 bits per heavy atom. The largest absolute Gasteiger partial charge is 0.374 e. The van der Waals surface area contributed by atoms with Crippen molar-refractivity contribution in [3.8, 4) is 0 Å². The van der Waals surface area contributed by atoms with Gasteiger partial charge in [0.25, 0.3) is 0 Å². The second-order valence-electron chi connectivity index (χ2n) is 2.90. The number of rotatable bonds is 3. The van der Waals surface area contributed by atoms with Crippen LogP contribution >= 0.6 is 11.6 Å². The molecule has 92 valence electrons. The molecule has 0 spiro atoms. The van der Waals surface area contributed by atoms with Crippen LogP contribution in [-0.4, -0.2) is 23.8 Å². The summed E-state index contributed by atoms with van der Waals surface area (Å²) in [7, 11) is 0. The summed E-state index contributed by atoms with van der Waals surface area (Å²) >= 11 is 5.66. The minimum atomic E-state index is -1.02. The van der Waals surface area contributed by atoms with Crippen molar-refractivity contribution in [3.63, 3.8) is 0 Å². The topological polar surface area (TPSA) is 81.9 Å². The number of benzene rings is 1. The van der Waals surface area contributed by atoms with Crippen LogP contribution in [-0.2, 0) is 9.68 Å². The Kier molecular flexibility index (Phi) is 4.74. The summed E-state index contributed by atoms with van der Waals surface area (Å²) < 4.78 is 0. The van der Waals surface area contributed by atoms with Gasteiger partial charge in [-0.15, -0.1) is 0 Å². The molecule has 0 heterocycles. The molecule has 0 aromatic heterocycles. The molecule has 0 radical (unpaired) electrons. The third-order valence-corrected chi connectivity index (χ3v) is 1.92. The zero-order valence-electron chi connectivity index (χ0n) is 9.05. The maximum atomic E-state index is 11.6. The average molecular weight is 259 g/mol. The molecule has 7 heteroatoms. The third-order valence-electron chi connectivity index (χ3n) is 1.67. The smallest absolute Gasteiger partial charge is 0.347 e. The molecule has 1 rings (SSSR count). The van der Waals surface area contributed by atoms with Crippen LogP contribution in [0.5, 0.6) is 0 Å². The summed E-state index contributed by atoms with van der Waals surface area (Å²) in [5.41, 5.74) is 5.16. The van der Waals surface area contributed by atoms with Crippen LogP contribution in [0.4, 0.5) is 4.79 Å². The van der Waals surface area contributed by atoms with Crippen molar-refractivity contribution in [1.82, 2.24) is 5.23 Å². The quantitative estimate of drug-likeness (QED) is 0.838. The SMILES string of the molecule is CCON(OC(=O)c1ccc(Cl)cc1)C(N)=O. The predicted octanol–water partition coefficient (Wildman–Crippen LogP) is 1.74. The fourth-order valence-corrected chi connectivity index (χ4v) is 1.09. The molecular formula is C10H11ClN2O4. The first-order valence-corrected chi connectivity index (χ1v) is 5.12. The van der Waals surface area contributed by atoms with Gasteiger partial charge in [-0.05, 0) is 36.4 Å². The number of nitrogens with two attached hydrogens (primary N) is 1. The van der Waals surface area contributed by atoms with Gasteiger partial charge in [0.2, 0.25) is 0 Å². The van der Waals surface area contributed by atoms with Crippen molar-refractivity contribution in [2.45, 2.75) is 6.92 Å². The number of hydrogen-bond acceptors (Lipinski definition) is 4. The number of nitrogens with zero attached hydrogens (tertiary/aromatic N) is 1. The number of hydroxylamine groups is 2. The predicted molar refractivity (Wildman–Crippen MR) is 59.9 cm³/mol. The summed E-state index contributed by atoms with van der Waals surface area (Å²) in [4.78, 5) is 31.7. The van der Waals surface area contributed by atoms with E-state index in [1.54, 1.807) is 6.92 Å². The van der Waals surface area contributed by atoms with E-state index in [2.05, 4.69) is 4.84 Å². The molecule has 1 aromatic rings. The lowest BCUT2D eigenvalue weighted by molar-refractivity contribution is -0.288. The van der Waals surface area contributed by atoms with Crippen molar-refractivity contribution >= 4 is 23.6 Å². The van der Waals surface area contributed by atoms with Gasteiger partial charge in [-0.2, -0.15) is 0 Å². The Labute approximate surface area is 103 Å². The van der Waals surface area contributed by atoms with Crippen LogP contribution in [0.2, 0.25) is 5.02 Å². The lowest BCUT2D eigenvalue weighted by atomic mass is 10.2. The zero-order valence-corrected chi connectivity index (χ0v) is 9.81. The fourth-order valence-electron chi connectivity index (χ4n) is 0.966. The van der Waals surface area contributed by atoms with Crippen molar-refractivity contribution in [1.29, 1.82) is 0 Å². The van der Waals surface area contributed by atoms with Crippen LogP contribution in [0, 0.1) is 0 Å². The molecule has 0 fully saturated rings. The maximum absolute atomic E-state index is 11.6. The van der Waals surface area contributed by atoms with Gasteiger partial charge in [0.15, 0.2) is 0 Å². The first kappa shape index (κ1) is 13.3. The zero-order chi connectivity index (χ0) is 12.8. The lowest BCUT2D eigenvalue weighted by Gasteiger charge is -2.16. The summed E-state index contributed by atoms with van der Waals surface area (Å²) in [5, 5.41) is 0.815. The van der Waals surface area contributed by atoms with Crippen molar-refractivity contribution in [2.24, 2.45) is 5.73 Å². The van der Waals surface area contributed by atoms with E-state index in [1.165, 1.54) is 24.3 Å². The summed E-state index contributed by atoms with van der Waals surface area (Å²) in [6.07, 6.45) is 0. The van der Waals surface area contributed by atoms with Crippen LogP contribution in [0.3, 0.4) is 0 Å². The third kappa shape index (κ3) is 3.93. The first-order chi connectivity index (χ1) is 8.04. The normalized spacial score (nSPS) is 9.76. The lowest BCUT2D eigenvalue weighted by Crippen LogP contribution is -2.37. The molecule has 2 amide bonds. The number of primary amides is 1. The highest BCUT2D eigenvalue weighted by Crippen LogP contribution is 2.11. The van der Waals surface area contributed by atoms with Gasteiger partial charge in [-0.25, -0.2) is 14.4 Å². The average Bonchev–Trinajstić information content (AvgIpc) is 2.29. The van der Waals surface area contributed by atoms with E-state index in [9.17, 15) is 9.59 Å². The molecule has 0 unspecified atom stereocenters. The summed E-state index contributed by atoms with van der Waals surface area (Å²) in [6.45, 7) is 1.75. The van der Waals surface area contributed by atoms with E-state index in [0.29, 0.717) is 10.2 Å². The maximum Gasteiger partial charge on any atom is 0.374 e. The minimum Gasteiger partial charge on any atom is -0.347 e. The van der Waals surface area contributed by atoms with E-state index in [1.807, 2.05) is 0 Å². The minimum absolute atomic E-state index is 0.136. The van der Waals surface area contributed by atoms with Gasteiger partial charge in [0.1, 0.15) is 0 Å². The van der Waals surface area contributed by atoms with Gasteiger partial charge in [-0.3, -0.25) is 0 Å². The van der Waals surface area contributed by atoms with E-state index in [4.69, 9.17) is 22.2 Å². The van der Waals surface area contributed by atoms with Gasteiger partial charge >= 0.3 is 12.0 Å². The highest BCUT2D eigenvalue weighted by Gasteiger charge is 2.17. The molecule has 0 bridgehead atoms. The molecule has 0 atom stereocenters. The molecule has 1 aromatic carbocycles. The van der Waals surface area contributed by atoms with Gasteiger partial charge in [-0.1, -0.05) is 11.6 Å². The molecule has 0 aliphatic heterocycles. The van der Waals surface area contributed by atoms with Crippen LogP contribution in [0.25, 0.3) is 0 Å². The molecule has 0 aliphatic rings. The van der Waals surface area contributed by atoms with Crippen molar-refractivity contribution in [3.05, 3.63) is 34.9 Å². The Morgan fingerprint density at radius 1 is 1.35 bits per heavy atom. The fraction of sp³-hybridized carbons (Fsp3) is 0.200. The molecule has 6 nitrogen and oxygen atoms in total. The first-order valence-electron chi connectivity index (χ1n) is 4.75. The number of carbonyl (C=O) groups excluding carboxylic acids is 2. The van der Waals surface area contributed by atoms with Crippen molar-refractivity contribution in [2.75, 3.05) is 6.61 Å². The van der Waals surface area contributed by atoms with Crippen LogP contribution in [0.1, 0.15) is 17.3 Å². The Balaban J connectivity index is 2.70. The number of hydrogen-bond donors (Lipinski definition) is 1. The molecule has 0 saturated carbocycles. The summed E-state index contributed by atoms with van der Waals surface area (Å²) in [6, 6.07) is 4.93. The molecule has 0 saturated heterocycles. The number of urea groups is 1. The molecular weight excluding hydrogens is 248 g/mol. The highest BCUT2D eigenvalue weighted by molar-refractivity contribution is 6.30. The number of carbonyl (C=O) groups is 2. The molecule has 17 heavy (non-hydrogen) atoms. The summed E-state index contributed by atoms with van der Waals surface area (Å²) in [5.74, 6) is -0.770.